The minimum absolute atomic E-state index is 0.611. The van der Waals surface area contributed by atoms with Crippen molar-refractivity contribution in [2.45, 2.75) is 13.8 Å². The van der Waals surface area contributed by atoms with Crippen molar-refractivity contribution in [2.75, 3.05) is 0 Å². The molecule has 0 aliphatic rings. The monoisotopic (exact) mass is 266 g/mol. The molecule has 2 aromatic carbocycles. The van der Waals surface area contributed by atoms with Crippen LogP contribution in [-0.4, -0.2) is 0 Å². The fourth-order valence-corrected chi connectivity index (χ4v) is 1.89. The summed E-state index contributed by atoms with van der Waals surface area (Å²) in [5.74, 6) is 1.42. The zero-order chi connectivity index (χ0) is 12.4. The Bertz CT molecular complexity index is 509. The highest BCUT2D eigenvalue weighted by Gasteiger charge is 2.05. The Morgan fingerprint density at radius 1 is 0.824 bits per heavy atom. The van der Waals surface area contributed by atoms with E-state index < -0.39 is 0 Å². The quantitative estimate of drug-likeness (QED) is 0.707. The summed E-state index contributed by atoms with van der Waals surface area (Å²) in [6.45, 7) is 3.91. The van der Waals surface area contributed by atoms with E-state index >= 15 is 0 Å². The number of hydrogen-bond acceptors (Lipinski definition) is 1. The highest BCUT2D eigenvalue weighted by Crippen LogP contribution is 2.31. The van der Waals surface area contributed by atoms with Crippen molar-refractivity contribution in [1.29, 1.82) is 0 Å². The van der Waals surface area contributed by atoms with Gasteiger partial charge in [0.2, 0.25) is 0 Å². The van der Waals surface area contributed by atoms with E-state index in [1.54, 1.807) is 12.1 Å². The standard InChI is InChI=1S/C14H12Cl2O/c1-9-3-5-11(6-4-9)17-12-7-13(15)10(2)14(16)8-12/h3-8H,1-2H3. The van der Waals surface area contributed by atoms with Crippen molar-refractivity contribution < 1.29 is 4.74 Å². The minimum Gasteiger partial charge on any atom is -0.457 e. The molecule has 0 saturated carbocycles. The van der Waals surface area contributed by atoms with Crippen molar-refractivity contribution in [3.63, 3.8) is 0 Å². The molecule has 1 nitrogen and oxygen atoms in total. The first-order valence-electron chi connectivity index (χ1n) is 5.26. The molecule has 3 heteroatoms. The smallest absolute Gasteiger partial charge is 0.130 e. The number of ether oxygens (including phenoxy) is 1. The summed E-state index contributed by atoms with van der Waals surface area (Å²) in [5.41, 5.74) is 2.06. The topological polar surface area (TPSA) is 9.23 Å². The molecular weight excluding hydrogens is 255 g/mol. The zero-order valence-corrected chi connectivity index (χ0v) is 11.1. The molecule has 0 heterocycles. The molecule has 0 amide bonds. The highest BCUT2D eigenvalue weighted by atomic mass is 35.5. The zero-order valence-electron chi connectivity index (χ0n) is 9.63. The lowest BCUT2D eigenvalue weighted by molar-refractivity contribution is 0.482. The molecule has 0 unspecified atom stereocenters. The number of aryl methyl sites for hydroxylation is 1. The number of benzene rings is 2. The summed E-state index contributed by atoms with van der Waals surface area (Å²) in [7, 11) is 0. The Labute approximate surface area is 111 Å². The lowest BCUT2D eigenvalue weighted by Crippen LogP contribution is -1.86. The average Bonchev–Trinajstić information content (AvgIpc) is 2.29. The molecule has 0 atom stereocenters. The summed E-state index contributed by atoms with van der Waals surface area (Å²) in [4.78, 5) is 0. The predicted octanol–water partition coefficient (Wildman–Crippen LogP) is 5.40. The van der Waals surface area contributed by atoms with Gasteiger partial charge in [-0.2, -0.15) is 0 Å². The van der Waals surface area contributed by atoms with E-state index in [4.69, 9.17) is 27.9 Å². The van der Waals surface area contributed by atoms with Crippen molar-refractivity contribution in [3.8, 4) is 11.5 Å². The SMILES string of the molecule is Cc1ccc(Oc2cc(Cl)c(C)c(Cl)c2)cc1. The third-order valence-electron chi connectivity index (χ3n) is 2.51. The number of halogens is 2. The van der Waals surface area contributed by atoms with Crippen molar-refractivity contribution in [3.05, 3.63) is 57.6 Å². The second-order valence-corrected chi connectivity index (χ2v) is 4.74. The molecule has 17 heavy (non-hydrogen) atoms. The van der Waals surface area contributed by atoms with Crippen LogP contribution in [0.5, 0.6) is 11.5 Å². The van der Waals surface area contributed by atoms with Crippen molar-refractivity contribution in [1.82, 2.24) is 0 Å². The number of hydrogen-bond donors (Lipinski definition) is 0. The van der Waals surface area contributed by atoms with Gasteiger partial charge in [-0.25, -0.2) is 0 Å². The van der Waals surface area contributed by atoms with E-state index in [1.807, 2.05) is 38.1 Å². The Morgan fingerprint density at radius 3 is 1.88 bits per heavy atom. The highest BCUT2D eigenvalue weighted by molar-refractivity contribution is 6.36. The van der Waals surface area contributed by atoms with Gasteiger partial charge in [0.1, 0.15) is 11.5 Å². The maximum Gasteiger partial charge on any atom is 0.130 e. The van der Waals surface area contributed by atoms with Crippen LogP contribution >= 0.6 is 23.2 Å². The normalized spacial score (nSPS) is 10.4. The van der Waals surface area contributed by atoms with Gasteiger partial charge in [0.15, 0.2) is 0 Å². The van der Waals surface area contributed by atoms with Gasteiger partial charge in [0, 0.05) is 10.0 Å². The summed E-state index contributed by atoms with van der Waals surface area (Å²) >= 11 is 12.1. The fourth-order valence-electron chi connectivity index (χ4n) is 1.42. The fraction of sp³-hybridized carbons (Fsp3) is 0.143. The molecule has 0 saturated heterocycles. The van der Waals surface area contributed by atoms with Crippen LogP contribution in [-0.2, 0) is 0 Å². The maximum absolute atomic E-state index is 6.05. The van der Waals surface area contributed by atoms with Crippen molar-refractivity contribution >= 4 is 23.2 Å². The molecule has 0 fully saturated rings. The third kappa shape index (κ3) is 2.93. The van der Waals surface area contributed by atoms with E-state index in [0.29, 0.717) is 15.8 Å². The predicted molar refractivity (Wildman–Crippen MR) is 72.5 cm³/mol. The van der Waals surface area contributed by atoms with Gasteiger partial charge in [-0.1, -0.05) is 40.9 Å². The first kappa shape index (κ1) is 12.3. The summed E-state index contributed by atoms with van der Waals surface area (Å²) < 4.78 is 5.68. The molecule has 0 N–H and O–H groups in total. The first-order valence-corrected chi connectivity index (χ1v) is 6.02. The molecule has 0 aliphatic heterocycles. The van der Waals surface area contributed by atoms with Crippen LogP contribution < -0.4 is 4.74 Å². The third-order valence-corrected chi connectivity index (χ3v) is 3.30. The molecular formula is C14H12Cl2O. The molecule has 0 radical (unpaired) electrons. The van der Waals surface area contributed by atoms with Crippen LogP contribution in [0.25, 0.3) is 0 Å². The minimum atomic E-state index is 0.611. The Balaban J connectivity index is 2.27. The van der Waals surface area contributed by atoms with Gasteiger partial charge in [-0.3, -0.25) is 0 Å². The molecule has 0 bridgehead atoms. The van der Waals surface area contributed by atoms with Crippen LogP contribution in [0, 0.1) is 13.8 Å². The van der Waals surface area contributed by atoms with E-state index in [0.717, 1.165) is 11.3 Å². The summed E-state index contributed by atoms with van der Waals surface area (Å²) in [5, 5.41) is 1.22. The Hall–Kier alpha value is -1.18. The van der Waals surface area contributed by atoms with Gasteiger partial charge < -0.3 is 4.74 Å². The molecule has 88 valence electrons. The van der Waals surface area contributed by atoms with E-state index in [1.165, 1.54) is 5.56 Å². The van der Waals surface area contributed by atoms with Crippen LogP contribution in [0.15, 0.2) is 36.4 Å². The van der Waals surface area contributed by atoms with Gasteiger partial charge >= 0.3 is 0 Å². The van der Waals surface area contributed by atoms with Crippen LogP contribution in [0.4, 0.5) is 0 Å². The van der Waals surface area contributed by atoms with Crippen LogP contribution in [0.1, 0.15) is 11.1 Å². The molecule has 0 spiro atoms. The summed E-state index contributed by atoms with van der Waals surface area (Å²) in [6.07, 6.45) is 0. The largest absolute Gasteiger partial charge is 0.457 e. The molecule has 2 rings (SSSR count). The molecule has 0 aromatic heterocycles. The second kappa shape index (κ2) is 4.99. The second-order valence-electron chi connectivity index (χ2n) is 3.93. The van der Waals surface area contributed by atoms with E-state index in [9.17, 15) is 0 Å². The van der Waals surface area contributed by atoms with Gasteiger partial charge in [-0.15, -0.1) is 0 Å². The molecule has 0 aliphatic carbocycles. The Kier molecular flexibility index (Phi) is 3.60. The van der Waals surface area contributed by atoms with Gasteiger partial charge in [-0.05, 0) is 43.7 Å². The Morgan fingerprint density at radius 2 is 1.35 bits per heavy atom. The molecule has 2 aromatic rings. The van der Waals surface area contributed by atoms with Gasteiger partial charge in [0.25, 0.3) is 0 Å². The van der Waals surface area contributed by atoms with E-state index in [2.05, 4.69) is 0 Å². The van der Waals surface area contributed by atoms with E-state index in [-0.39, 0.29) is 0 Å². The van der Waals surface area contributed by atoms with Crippen molar-refractivity contribution in [2.24, 2.45) is 0 Å². The van der Waals surface area contributed by atoms with Crippen LogP contribution in [0.3, 0.4) is 0 Å². The lowest BCUT2D eigenvalue weighted by atomic mass is 10.2. The average molecular weight is 267 g/mol. The maximum atomic E-state index is 6.05. The lowest BCUT2D eigenvalue weighted by Gasteiger charge is -2.08. The first-order chi connectivity index (χ1) is 8.06. The number of rotatable bonds is 2. The van der Waals surface area contributed by atoms with Crippen LogP contribution in [0.2, 0.25) is 10.0 Å². The summed E-state index contributed by atoms with van der Waals surface area (Å²) in [6, 6.07) is 11.3. The van der Waals surface area contributed by atoms with Gasteiger partial charge in [0.05, 0.1) is 0 Å².